The second kappa shape index (κ2) is 9.77. The van der Waals surface area contributed by atoms with Crippen molar-refractivity contribution in [1.29, 1.82) is 36.8 Å². The number of hydrogen-bond donors (Lipinski definition) is 0. The quantitative estimate of drug-likeness (QED) is 0.532. The van der Waals surface area contributed by atoms with E-state index in [1.165, 1.54) is 36.4 Å². The molecule has 14 heteroatoms. The number of nitriles is 7. The summed E-state index contributed by atoms with van der Waals surface area (Å²) >= 11 is 0. The van der Waals surface area contributed by atoms with Gasteiger partial charge in [-0.2, -0.15) is 63.2 Å². The summed E-state index contributed by atoms with van der Waals surface area (Å²) in [6.07, 6.45) is -11.1. The highest BCUT2D eigenvalue weighted by molar-refractivity contribution is 5.82. The molecule has 2 aromatic rings. The lowest BCUT2D eigenvalue weighted by atomic mass is 9.89. The predicted molar refractivity (Wildman–Crippen MR) is 104 cm³/mol. The van der Waals surface area contributed by atoms with E-state index in [1.807, 2.05) is 0 Å². The van der Waals surface area contributed by atoms with Gasteiger partial charge in [0.2, 0.25) is 0 Å². The van der Waals surface area contributed by atoms with Crippen molar-refractivity contribution in [2.24, 2.45) is 0 Å². The lowest BCUT2D eigenvalue weighted by Crippen LogP contribution is -2.30. The van der Waals surface area contributed by atoms with Gasteiger partial charge in [0.1, 0.15) is 48.1 Å². The molecule has 0 unspecified atom stereocenters. The third kappa shape index (κ3) is 4.58. The van der Waals surface area contributed by atoms with Crippen molar-refractivity contribution in [3.63, 3.8) is 0 Å². The van der Waals surface area contributed by atoms with Gasteiger partial charge in [-0.25, -0.2) is 4.39 Å². The molecule has 0 aliphatic carbocycles. The number of hydrogen-bond acceptors (Lipinski definition) is 7. The van der Waals surface area contributed by atoms with Crippen LogP contribution in [0.2, 0.25) is 0 Å². The molecule has 0 aromatic heterocycles. The molecule has 0 saturated carbocycles. The molecule has 0 atom stereocenters. The molecule has 2 rings (SSSR count). The Kier molecular flexibility index (Phi) is 7.23. The summed E-state index contributed by atoms with van der Waals surface area (Å²) in [4.78, 5) is 0. The van der Waals surface area contributed by atoms with E-state index in [9.17, 15) is 47.4 Å². The average Bonchev–Trinajstić information content (AvgIpc) is 2.84. The molecule has 0 radical (unpaired) electrons. The Morgan fingerprint density at radius 3 is 1.30 bits per heavy atom. The molecule has 0 aliphatic rings. The van der Waals surface area contributed by atoms with Crippen LogP contribution in [0.1, 0.15) is 38.9 Å². The normalized spacial score (nSPS) is 11.4. The minimum absolute atomic E-state index is 0.0331. The fourth-order valence-electron chi connectivity index (χ4n) is 3.29. The largest absolute Gasteiger partial charge is 0.417 e. The van der Waals surface area contributed by atoms with Crippen LogP contribution < -0.4 is 10.4 Å². The fourth-order valence-corrected chi connectivity index (χ4v) is 3.29. The first-order chi connectivity index (χ1) is 17.3. The standard InChI is InChI=1S/C23H2F7N7/c24-21-16(9-37)20(14(7-35)13(6-34)19(21)11(3-31)4-32)12(5-33)10-1-17(22(25,26)27)15(8-36)18(2-10)23(28,29)30/h1-2H/b20-12+. The number of rotatable bonds is 1. The number of nitrogens with zero attached hydrogens (tertiary/aromatic N) is 7. The topological polar surface area (TPSA) is 167 Å². The zero-order chi connectivity index (χ0) is 28.3. The molecular weight excluding hydrogens is 507 g/mol. The zero-order valence-electron chi connectivity index (χ0n) is 17.4. The second-order valence-corrected chi connectivity index (χ2v) is 6.66. The summed E-state index contributed by atoms with van der Waals surface area (Å²) in [6, 6.07) is 8.23. The molecule has 0 saturated heterocycles. The van der Waals surface area contributed by atoms with Gasteiger partial charge in [-0.15, -0.1) is 0 Å². The third-order valence-corrected chi connectivity index (χ3v) is 4.76. The molecular formula is C23H2F7N7. The van der Waals surface area contributed by atoms with E-state index in [0.717, 1.165) is 6.07 Å². The van der Waals surface area contributed by atoms with Crippen LogP contribution >= 0.6 is 0 Å². The maximum Gasteiger partial charge on any atom is 0.417 e. The van der Waals surface area contributed by atoms with Crippen LogP contribution in [0.15, 0.2) is 12.1 Å². The van der Waals surface area contributed by atoms with E-state index >= 15 is 4.39 Å². The highest BCUT2D eigenvalue weighted by Crippen LogP contribution is 2.40. The summed E-state index contributed by atoms with van der Waals surface area (Å²) in [7, 11) is 0. The third-order valence-electron chi connectivity index (χ3n) is 4.76. The highest BCUT2D eigenvalue weighted by atomic mass is 19.4. The SMILES string of the molecule is N#CC(C#N)=c1c(F)c(C#N)/c(=C(\C#N)c2cc(C(F)(F)F)c(C#N)c(C(F)(F)F)c2)c(C#N)c1C#N. The van der Waals surface area contributed by atoms with Gasteiger partial charge in [-0.1, -0.05) is 0 Å². The van der Waals surface area contributed by atoms with Crippen LogP contribution in [0.3, 0.4) is 0 Å². The molecule has 2 aromatic carbocycles. The Morgan fingerprint density at radius 1 is 0.568 bits per heavy atom. The Hall–Kier alpha value is -5.88. The molecule has 0 N–H and O–H groups in total. The van der Waals surface area contributed by atoms with E-state index in [-0.39, 0.29) is 12.1 Å². The summed E-state index contributed by atoms with van der Waals surface area (Å²) in [5.74, 6) is -1.79. The van der Waals surface area contributed by atoms with Gasteiger partial charge in [0.05, 0.1) is 44.2 Å². The molecule has 37 heavy (non-hydrogen) atoms. The van der Waals surface area contributed by atoms with Crippen molar-refractivity contribution in [3.05, 3.63) is 67.3 Å². The Labute approximate surface area is 201 Å². The summed E-state index contributed by atoms with van der Waals surface area (Å²) < 4.78 is 96.6. The van der Waals surface area contributed by atoms with E-state index in [1.54, 1.807) is 0 Å². The monoisotopic (exact) mass is 509 g/mol. The van der Waals surface area contributed by atoms with Gasteiger partial charge < -0.3 is 0 Å². The maximum absolute atomic E-state index is 15.3. The van der Waals surface area contributed by atoms with E-state index in [0.29, 0.717) is 0 Å². The van der Waals surface area contributed by atoms with Gasteiger partial charge in [-0.05, 0) is 17.7 Å². The summed E-state index contributed by atoms with van der Waals surface area (Å²) in [5, 5.41) is 63.1. The smallest absolute Gasteiger partial charge is 0.205 e. The molecule has 0 heterocycles. The second-order valence-electron chi connectivity index (χ2n) is 6.66. The Bertz CT molecular complexity index is 1730. The van der Waals surface area contributed by atoms with Gasteiger partial charge in [-0.3, -0.25) is 0 Å². The van der Waals surface area contributed by atoms with Crippen LogP contribution in [0.25, 0.3) is 11.1 Å². The Morgan fingerprint density at radius 2 is 0.973 bits per heavy atom. The van der Waals surface area contributed by atoms with Crippen molar-refractivity contribution < 1.29 is 30.7 Å². The van der Waals surface area contributed by atoms with Gasteiger partial charge in [0.25, 0.3) is 0 Å². The predicted octanol–water partition coefficient (Wildman–Crippen LogP) is 3.27. The molecule has 0 fully saturated rings. The minimum Gasteiger partial charge on any atom is -0.205 e. The fraction of sp³-hybridized carbons (Fsp3) is 0.0870. The van der Waals surface area contributed by atoms with Crippen molar-refractivity contribution in [2.75, 3.05) is 0 Å². The molecule has 0 spiro atoms. The van der Waals surface area contributed by atoms with Crippen molar-refractivity contribution in [1.82, 2.24) is 0 Å². The van der Waals surface area contributed by atoms with Gasteiger partial charge in [0.15, 0.2) is 5.82 Å². The highest BCUT2D eigenvalue weighted by Gasteiger charge is 2.42. The van der Waals surface area contributed by atoms with Crippen LogP contribution in [0.5, 0.6) is 0 Å². The number of alkyl halides is 6. The van der Waals surface area contributed by atoms with Gasteiger partial charge >= 0.3 is 12.4 Å². The lowest BCUT2D eigenvalue weighted by Gasteiger charge is -2.17. The number of halogens is 7. The molecule has 0 bridgehead atoms. The minimum atomic E-state index is -5.55. The van der Waals surface area contributed by atoms with Crippen LogP contribution in [-0.4, -0.2) is 0 Å². The van der Waals surface area contributed by atoms with Gasteiger partial charge in [0, 0.05) is 5.22 Å². The summed E-state index contributed by atoms with van der Waals surface area (Å²) in [6.45, 7) is 0. The van der Waals surface area contributed by atoms with Crippen LogP contribution in [0, 0.1) is 85.1 Å². The van der Waals surface area contributed by atoms with Crippen LogP contribution in [0.4, 0.5) is 30.7 Å². The molecule has 0 amide bonds. The van der Waals surface area contributed by atoms with Crippen molar-refractivity contribution >= 4 is 11.1 Å². The number of benzene rings is 2. The van der Waals surface area contributed by atoms with Crippen molar-refractivity contribution in [3.8, 4) is 42.5 Å². The first-order valence-electron chi connectivity index (χ1n) is 9.04. The van der Waals surface area contributed by atoms with E-state index in [2.05, 4.69) is 0 Å². The maximum atomic E-state index is 15.3. The van der Waals surface area contributed by atoms with E-state index in [4.69, 9.17) is 15.8 Å². The first-order valence-corrected chi connectivity index (χ1v) is 9.04. The first kappa shape index (κ1) is 27.4. The van der Waals surface area contributed by atoms with Crippen molar-refractivity contribution in [2.45, 2.75) is 12.4 Å². The lowest BCUT2D eigenvalue weighted by molar-refractivity contribution is -0.143. The molecule has 0 aliphatic heterocycles. The Balaban J connectivity index is 3.50. The van der Waals surface area contributed by atoms with Crippen LogP contribution in [-0.2, 0) is 12.4 Å². The average molecular weight is 509 g/mol. The zero-order valence-corrected chi connectivity index (χ0v) is 17.4. The van der Waals surface area contributed by atoms with E-state index < -0.39 is 78.7 Å². The molecule has 178 valence electrons. The molecule has 7 nitrogen and oxygen atoms in total. The summed E-state index contributed by atoms with van der Waals surface area (Å²) in [5.41, 5.74) is -13.1.